The summed E-state index contributed by atoms with van der Waals surface area (Å²) in [6.07, 6.45) is 5.86. The predicted molar refractivity (Wildman–Crippen MR) is 73.3 cm³/mol. The summed E-state index contributed by atoms with van der Waals surface area (Å²) in [4.78, 5) is 22.4. The molecule has 102 valence electrons. The van der Waals surface area contributed by atoms with Crippen LogP contribution in [0.4, 0.5) is 0 Å². The highest BCUT2D eigenvalue weighted by Crippen LogP contribution is 2.24. The number of hydrogen-bond donors (Lipinski definition) is 0. The summed E-state index contributed by atoms with van der Waals surface area (Å²) in [6.45, 7) is 11.0. The van der Waals surface area contributed by atoms with Gasteiger partial charge in [-0.2, -0.15) is 0 Å². The van der Waals surface area contributed by atoms with Crippen molar-refractivity contribution < 1.29 is 14.3 Å². The van der Waals surface area contributed by atoms with Crippen molar-refractivity contribution in [3.05, 3.63) is 24.3 Å². The molecule has 0 aromatic rings. The smallest absolute Gasteiger partial charge is 0.313 e. The second-order valence-corrected chi connectivity index (χ2v) is 5.12. The number of Topliss-reactive ketones (excluding diaryl/α,β-unsaturated/α-hetero) is 1. The second kappa shape index (κ2) is 7.85. The lowest BCUT2D eigenvalue weighted by Crippen LogP contribution is -2.31. The minimum Gasteiger partial charge on any atom is -0.459 e. The first kappa shape index (κ1) is 16.6. The van der Waals surface area contributed by atoms with Crippen LogP contribution in [0.15, 0.2) is 24.3 Å². The van der Waals surface area contributed by atoms with Crippen LogP contribution in [0.1, 0.15) is 53.4 Å². The molecule has 0 rings (SSSR count). The number of rotatable bonds is 8. The van der Waals surface area contributed by atoms with Gasteiger partial charge in [0.25, 0.3) is 0 Å². The average molecular weight is 252 g/mol. The first-order chi connectivity index (χ1) is 8.29. The summed E-state index contributed by atoms with van der Waals surface area (Å²) in [5.74, 6) is -0.630. The Morgan fingerprint density at radius 2 is 1.89 bits per heavy atom. The van der Waals surface area contributed by atoms with Crippen molar-refractivity contribution in [2.75, 3.05) is 0 Å². The van der Waals surface area contributed by atoms with E-state index >= 15 is 0 Å². The highest BCUT2D eigenvalue weighted by Gasteiger charge is 2.27. The van der Waals surface area contributed by atoms with Gasteiger partial charge < -0.3 is 4.74 Å². The molecule has 0 amide bonds. The molecule has 0 heterocycles. The molecule has 0 N–H and O–H groups in total. The predicted octanol–water partition coefficient (Wildman–Crippen LogP) is 3.59. The summed E-state index contributed by atoms with van der Waals surface area (Å²) >= 11 is 0. The SMILES string of the molecule is C=CCC(C)(CCC=C(C)C)OC(=O)CC(C)=O. The number of carbonyl (C=O) groups is 2. The van der Waals surface area contributed by atoms with Crippen LogP contribution in [-0.4, -0.2) is 17.4 Å². The molecule has 0 fully saturated rings. The van der Waals surface area contributed by atoms with Crippen LogP contribution < -0.4 is 0 Å². The van der Waals surface area contributed by atoms with Crippen molar-refractivity contribution in [1.29, 1.82) is 0 Å². The summed E-state index contributed by atoms with van der Waals surface area (Å²) in [5.41, 5.74) is 0.672. The molecule has 0 radical (unpaired) electrons. The molecule has 0 saturated carbocycles. The van der Waals surface area contributed by atoms with E-state index in [0.717, 1.165) is 12.8 Å². The third kappa shape index (κ3) is 7.82. The van der Waals surface area contributed by atoms with E-state index in [0.29, 0.717) is 6.42 Å². The van der Waals surface area contributed by atoms with Crippen molar-refractivity contribution in [2.45, 2.75) is 59.0 Å². The van der Waals surface area contributed by atoms with Crippen LogP contribution in [0.25, 0.3) is 0 Å². The van der Waals surface area contributed by atoms with Crippen molar-refractivity contribution in [3.8, 4) is 0 Å². The Kier molecular flexibility index (Phi) is 7.25. The molecule has 0 bridgehead atoms. The van der Waals surface area contributed by atoms with Gasteiger partial charge >= 0.3 is 5.97 Å². The minimum atomic E-state index is -0.569. The Labute approximate surface area is 110 Å². The lowest BCUT2D eigenvalue weighted by molar-refractivity contribution is -0.159. The second-order valence-electron chi connectivity index (χ2n) is 5.12. The zero-order chi connectivity index (χ0) is 14.2. The summed E-state index contributed by atoms with van der Waals surface area (Å²) in [6, 6.07) is 0. The third-order valence-corrected chi connectivity index (χ3v) is 2.56. The fraction of sp³-hybridized carbons (Fsp3) is 0.600. The van der Waals surface area contributed by atoms with Crippen molar-refractivity contribution in [3.63, 3.8) is 0 Å². The van der Waals surface area contributed by atoms with Crippen molar-refractivity contribution in [2.24, 2.45) is 0 Å². The molecule has 18 heavy (non-hydrogen) atoms. The van der Waals surface area contributed by atoms with Crippen LogP contribution in [0.2, 0.25) is 0 Å². The number of allylic oxidation sites excluding steroid dienone is 2. The maximum absolute atomic E-state index is 11.5. The lowest BCUT2D eigenvalue weighted by Gasteiger charge is -2.28. The van der Waals surface area contributed by atoms with Crippen LogP contribution in [0.3, 0.4) is 0 Å². The van der Waals surface area contributed by atoms with E-state index in [9.17, 15) is 9.59 Å². The number of ether oxygens (including phenoxy) is 1. The van der Waals surface area contributed by atoms with Gasteiger partial charge in [0.15, 0.2) is 0 Å². The Balaban J connectivity index is 4.50. The van der Waals surface area contributed by atoms with Gasteiger partial charge in [-0.05, 0) is 40.5 Å². The fourth-order valence-corrected chi connectivity index (χ4v) is 1.68. The zero-order valence-corrected chi connectivity index (χ0v) is 11.9. The van der Waals surface area contributed by atoms with Crippen LogP contribution >= 0.6 is 0 Å². The average Bonchev–Trinajstić information content (AvgIpc) is 2.14. The molecule has 0 aromatic heterocycles. The van der Waals surface area contributed by atoms with Crippen molar-refractivity contribution in [1.82, 2.24) is 0 Å². The van der Waals surface area contributed by atoms with Gasteiger partial charge in [-0.1, -0.05) is 17.7 Å². The normalized spacial score (nSPS) is 13.3. The van der Waals surface area contributed by atoms with Gasteiger partial charge in [0.1, 0.15) is 17.8 Å². The Hall–Kier alpha value is -1.38. The standard InChI is InChI=1S/C15H24O3/c1-6-9-15(5,10-7-8-12(2)3)18-14(17)11-13(4)16/h6,8H,1,7,9-11H2,2-5H3. The molecule has 0 spiro atoms. The monoisotopic (exact) mass is 252 g/mol. The topological polar surface area (TPSA) is 43.4 Å². The molecule has 0 aliphatic heterocycles. The molecule has 3 nitrogen and oxygen atoms in total. The number of hydrogen-bond acceptors (Lipinski definition) is 3. The van der Waals surface area contributed by atoms with Gasteiger partial charge in [-0.25, -0.2) is 0 Å². The molecule has 1 atom stereocenters. The van der Waals surface area contributed by atoms with E-state index in [2.05, 4.69) is 12.7 Å². The van der Waals surface area contributed by atoms with Crippen LogP contribution in [0, 0.1) is 0 Å². The first-order valence-corrected chi connectivity index (χ1v) is 6.24. The van der Waals surface area contributed by atoms with E-state index in [1.165, 1.54) is 12.5 Å². The first-order valence-electron chi connectivity index (χ1n) is 6.24. The Bertz CT molecular complexity index is 338. The molecule has 0 saturated heterocycles. The van der Waals surface area contributed by atoms with E-state index in [4.69, 9.17) is 4.74 Å². The van der Waals surface area contributed by atoms with E-state index in [-0.39, 0.29) is 12.2 Å². The van der Waals surface area contributed by atoms with Gasteiger partial charge in [0.2, 0.25) is 0 Å². The lowest BCUT2D eigenvalue weighted by atomic mass is 9.95. The molecule has 0 aliphatic rings. The van der Waals surface area contributed by atoms with E-state index in [1.807, 2.05) is 20.8 Å². The van der Waals surface area contributed by atoms with Gasteiger partial charge in [0, 0.05) is 6.42 Å². The molecule has 0 aliphatic carbocycles. The third-order valence-electron chi connectivity index (χ3n) is 2.56. The maximum atomic E-state index is 11.5. The largest absolute Gasteiger partial charge is 0.459 e. The molecule has 0 aromatic carbocycles. The summed E-state index contributed by atoms with van der Waals surface area (Å²) < 4.78 is 5.41. The van der Waals surface area contributed by atoms with Crippen LogP contribution in [0.5, 0.6) is 0 Å². The van der Waals surface area contributed by atoms with Gasteiger partial charge in [-0.15, -0.1) is 6.58 Å². The van der Waals surface area contributed by atoms with Crippen LogP contribution in [-0.2, 0) is 14.3 Å². The highest BCUT2D eigenvalue weighted by molar-refractivity contribution is 5.94. The van der Waals surface area contributed by atoms with E-state index in [1.54, 1.807) is 6.08 Å². The molecular weight excluding hydrogens is 228 g/mol. The highest BCUT2D eigenvalue weighted by atomic mass is 16.6. The fourth-order valence-electron chi connectivity index (χ4n) is 1.68. The summed E-state index contributed by atoms with van der Waals surface area (Å²) in [7, 11) is 0. The maximum Gasteiger partial charge on any atom is 0.313 e. The van der Waals surface area contributed by atoms with E-state index < -0.39 is 11.6 Å². The number of ketones is 1. The number of carbonyl (C=O) groups excluding carboxylic acids is 2. The zero-order valence-electron chi connectivity index (χ0n) is 11.9. The summed E-state index contributed by atoms with van der Waals surface area (Å²) in [5, 5.41) is 0. The molecule has 1 unspecified atom stereocenters. The Morgan fingerprint density at radius 3 is 2.33 bits per heavy atom. The van der Waals surface area contributed by atoms with Crippen molar-refractivity contribution >= 4 is 11.8 Å². The molecule has 3 heteroatoms. The quantitative estimate of drug-likeness (QED) is 0.376. The number of esters is 1. The van der Waals surface area contributed by atoms with Gasteiger partial charge in [-0.3, -0.25) is 9.59 Å². The van der Waals surface area contributed by atoms with Gasteiger partial charge in [0.05, 0.1) is 0 Å². The molecular formula is C15H24O3. The minimum absolute atomic E-state index is 0.157. The Morgan fingerprint density at radius 1 is 1.28 bits per heavy atom.